The van der Waals surface area contributed by atoms with Gasteiger partial charge in [-0.2, -0.15) is 0 Å². The summed E-state index contributed by atoms with van der Waals surface area (Å²) < 4.78 is 0. The van der Waals surface area contributed by atoms with Gasteiger partial charge in [0.1, 0.15) is 0 Å². The summed E-state index contributed by atoms with van der Waals surface area (Å²) >= 11 is 0. The summed E-state index contributed by atoms with van der Waals surface area (Å²) in [4.78, 5) is 2.48. The van der Waals surface area contributed by atoms with Crippen molar-refractivity contribution >= 4 is 11.4 Å². The van der Waals surface area contributed by atoms with E-state index in [2.05, 4.69) is 146 Å². The molecule has 0 saturated carbocycles. The molecule has 168 valence electrons. The fraction of sp³-hybridized carbons (Fsp3) is 0.152. The van der Waals surface area contributed by atoms with Gasteiger partial charge in [0.05, 0.1) is 6.04 Å². The van der Waals surface area contributed by atoms with Crippen LogP contribution in [0.1, 0.15) is 18.1 Å². The third-order valence-corrected chi connectivity index (χ3v) is 6.58. The van der Waals surface area contributed by atoms with E-state index >= 15 is 0 Å². The lowest BCUT2D eigenvalue weighted by molar-refractivity contribution is 0.603. The average molecular weight is 442 g/mol. The normalized spacial score (nSPS) is 17.3. The van der Waals surface area contributed by atoms with Crippen molar-refractivity contribution in [1.82, 2.24) is 0 Å². The van der Waals surface area contributed by atoms with Gasteiger partial charge in [0.15, 0.2) is 0 Å². The predicted molar refractivity (Wildman–Crippen MR) is 146 cm³/mol. The van der Waals surface area contributed by atoms with E-state index < -0.39 is 0 Å². The molecule has 5 rings (SSSR count). The maximum atomic E-state index is 2.48. The van der Waals surface area contributed by atoms with Gasteiger partial charge in [-0.15, -0.1) is 0 Å². The molecule has 2 atom stereocenters. The summed E-state index contributed by atoms with van der Waals surface area (Å²) in [5.74, 6) is 0.380. The summed E-state index contributed by atoms with van der Waals surface area (Å²) in [6, 6.07) is 39.4. The van der Waals surface area contributed by atoms with Gasteiger partial charge in [0.25, 0.3) is 0 Å². The Balaban J connectivity index is 1.47. The Bertz CT molecular complexity index is 1300. The van der Waals surface area contributed by atoms with Crippen LogP contribution in [-0.2, 0) is 6.42 Å². The minimum absolute atomic E-state index is 0.245. The van der Waals surface area contributed by atoms with Crippen molar-refractivity contribution in [2.75, 3.05) is 4.90 Å². The largest absolute Gasteiger partial charge is 0.334 e. The van der Waals surface area contributed by atoms with Gasteiger partial charge in [-0.1, -0.05) is 116 Å². The number of hydrogen-bond acceptors (Lipinski definition) is 1. The molecule has 0 N–H and O–H groups in total. The summed E-state index contributed by atoms with van der Waals surface area (Å²) in [6.07, 6.45) is 8.13. The Morgan fingerprint density at radius 3 is 2.09 bits per heavy atom. The molecule has 1 heteroatoms. The lowest BCUT2D eigenvalue weighted by atomic mass is 9.88. The number of hydrogen-bond donors (Lipinski definition) is 0. The highest BCUT2D eigenvalue weighted by Crippen LogP contribution is 2.36. The van der Waals surface area contributed by atoms with Crippen molar-refractivity contribution in [3.05, 3.63) is 144 Å². The third kappa shape index (κ3) is 4.89. The summed E-state index contributed by atoms with van der Waals surface area (Å²) in [5.41, 5.74) is 8.98. The van der Waals surface area contributed by atoms with Crippen molar-refractivity contribution in [2.45, 2.75) is 26.3 Å². The number of para-hydroxylation sites is 1. The molecule has 0 aromatic heterocycles. The van der Waals surface area contributed by atoms with Crippen LogP contribution in [0.5, 0.6) is 0 Å². The summed E-state index contributed by atoms with van der Waals surface area (Å²) in [5, 5.41) is 0. The number of allylic oxidation sites excluding steroid dienone is 2. The molecule has 2 unspecified atom stereocenters. The molecule has 0 fully saturated rings. The van der Waals surface area contributed by atoms with Crippen molar-refractivity contribution in [2.24, 2.45) is 5.92 Å². The molecule has 0 saturated heterocycles. The first-order valence-electron chi connectivity index (χ1n) is 12.1. The number of benzene rings is 4. The van der Waals surface area contributed by atoms with E-state index in [1.54, 1.807) is 0 Å². The Kier molecular flexibility index (Phi) is 6.44. The van der Waals surface area contributed by atoms with Crippen molar-refractivity contribution in [3.63, 3.8) is 0 Å². The smallest absolute Gasteiger partial charge is 0.0585 e. The molecule has 1 aliphatic carbocycles. The molecule has 0 radical (unpaired) electrons. The zero-order valence-electron chi connectivity index (χ0n) is 19.9. The lowest BCUT2D eigenvalue weighted by Crippen LogP contribution is -2.35. The first kappa shape index (κ1) is 22.0. The molecule has 0 spiro atoms. The molecule has 0 bridgehead atoms. The van der Waals surface area contributed by atoms with E-state index in [1.807, 2.05) is 0 Å². The monoisotopic (exact) mass is 441 g/mol. The van der Waals surface area contributed by atoms with Gasteiger partial charge in [0.2, 0.25) is 0 Å². The Morgan fingerprint density at radius 2 is 1.35 bits per heavy atom. The molecule has 1 nitrogen and oxygen atoms in total. The molecule has 1 aliphatic rings. The molecular weight excluding hydrogens is 410 g/mol. The Morgan fingerprint density at radius 1 is 0.676 bits per heavy atom. The molecule has 0 amide bonds. The topological polar surface area (TPSA) is 3.24 Å². The van der Waals surface area contributed by atoms with Crippen LogP contribution in [0.2, 0.25) is 0 Å². The van der Waals surface area contributed by atoms with Gasteiger partial charge in [-0.05, 0) is 65.8 Å². The molecular formula is C33H31N. The van der Waals surface area contributed by atoms with Crippen molar-refractivity contribution < 1.29 is 0 Å². The van der Waals surface area contributed by atoms with Crippen LogP contribution >= 0.6 is 0 Å². The van der Waals surface area contributed by atoms with Crippen molar-refractivity contribution in [3.8, 4) is 11.1 Å². The minimum atomic E-state index is 0.245. The van der Waals surface area contributed by atoms with Crippen LogP contribution in [0.25, 0.3) is 11.1 Å². The van der Waals surface area contributed by atoms with Crippen LogP contribution in [0.3, 0.4) is 0 Å². The SMILES string of the molecule is Cc1cccc(CC2=CC(C)C(N(c3ccccc3)c3cccc(-c4ccccc4)c3)C=C2)c1. The fourth-order valence-electron chi connectivity index (χ4n) is 4.93. The van der Waals surface area contributed by atoms with Gasteiger partial charge in [-0.25, -0.2) is 0 Å². The van der Waals surface area contributed by atoms with Crippen LogP contribution in [0.4, 0.5) is 11.4 Å². The number of anilines is 2. The van der Waals surface area contributed by atoms with Crippen LogP contribution < -0.4 is 4.90 Å². The zero-order valence-corrected chi connectivity index (χ0v) is 19.9. The Hall–Kier alpha value is -3.84. The highest BCUT2D eigenvalue weighted by molar-refractivity contribution is 5.73. The highest BCUT2D eigenvalue weighted by Gasteiger charge is 2.26. The first-order valence-corrected chi connectivity index (χ1v) is 12.1. The summed E-state index contributed by atoms with van der Waals surface area (Å²) in [7, 11) is 0. The van der Waals surface area contributed by atoms with E-state index in [9.17, 15) is 0 Å². The molecule has 4 aromatic rings. The van der Waals surface area contributed by atoms with Crippen LogP contribution in [0, 0.1) is 12.8 Å². The predicted octanol–water partition coefficient (Wildman–Crippen LogP) is 8.54. The first-order chi connectivity index (χ1) is 16.7. The van der Waals surface area contributed by atoms with Crippen LogP contribution in [-0.4, -0.2) is 6.04 Å². The van der Waals surface area contributed by atoms with E-state index in [0.29, 0.717) is 5.92 Å². The van der Waals surface area contributed by atoms with E-state index in [4.69, 9.17) is 0 Å². The average Bonchev–Trinajstić information content (AvgIpc) is 2.87. The number of rotatable bonds is 6. The van der Waals surface area contributed by atoms with Crippen molar-refractivity contribution in [1.29, 1.82) is 0 Å². The maximum Gasteiger partial charge on any atom is 0.0585 e. The standard InChI is InChI=1S/C33H31N/c1-25-11-9-12-27(21-25)23-28-19-20-33(26(2)22-28)34(31-16-7-4-8-17-31)32-18-10-15-30(24-32)29-13-5-3-6-14-29/h3-22,24,26,33H,23H2,1-2H3. The highest BCUT2D eigenvalue weighted by atomic mass is 15.2. The quantitative estimate of drug-likeness (QED) is 0.290. The van der Waals surface area contributed by atoms with Gasteiger partial charge in [-0.3, -0.25) is 0 Å². The molecule has 0 aliphatic heterocycles. The molecule has 4 aromatic carbocycles. The minimum Gasteiger partial charge on any atom is -0.334 e. The third-order valence-electron chi connectivity index (χ3n) is 6.58. The maximum absolute atomic E-state index is 2.48. The molecule has 34 heavy (non-hydrogen) atoms. The van der Waals surface area contributed by atoms with E-state index in [0.717, 1.165) is 6.42 Å². The Labute approximate surface area is 203 Å². The summed E-state index contributed by atoms with van der Waals surface area (Å²) in [6.45, 7) is 4.50. The van der Waals surface area contributed by atoms with Gasteiger partial charge in [0, 0.05) is 11.4 Å². The molecule has 0 heterocycles. The lowest BCUT2D eigenvalue weighted by Gasteiger charge is -2.37. The van der Waals surface area contributed by atoms with Gasteiger partial charge < -0.3 is 4.90 Å². The van der Waals surface area contributed by atoms with Gasteiger partial charge >= 0.3 is 0 Å². The van der Waals surface area contributed by atoms with Crippen LogP contribution in [0.15, 0.2) is 133 Å². The van der Waals surface area contributed by atoms with E-state index in [-0.39, 0.29) is 6.04 Å². The fourth-order valence-corrected chi connectivity index (χ4v) is 4.93. The number of nitrogens with zero attached hydrogens (tertiary/aromatic N) is 1. The number of aryl methyl sites for hydroxylation is 1. The second-order valence-corrected chi connectivity index (χ2v) is 9.24. The second-order valence-electron chi connectivity index (χ2n) is 9.24. The van der Waals surface area contributed by atoms with E-state index in [1.165, 1.54) is 39.2 Å². The zero-order chi connectivity index (χ0) is 23.3. The second kappa shape index (κ2) is 9.97.